The van der Waals surface area contributed by atoms with Crippen LogP contribution in [-0.4, -0.2) is 5.78 Å². The Hall–Kier alpha value is -3.65. The molecule has 1 aliphatic rings. The molecule has 2 heteroatoms. The van der Waals surface area contributed by atoms with Crippen molar-refractivity contribution in [1.82, 2.24) is 0 Å². The summed E-state index contributed by atoms with van der Waals surface area (Å²) in [5.74, 6) is 1.72. The number of Topliss-reactive ketones (excluding diaryl/α,β-unsaturated/α-hetero) is 1. The molecule has 4 aromatic carbocycles. The summed E-state index contributed by atoms with van der Waals surface area (Å²) >= 11 is 0. The molecular formula is C27H20O2. The number of carbonyl (C=O) groups is 1. The first-order valence-electron chi connectivity index (χ1n) is 9.80. The maximum Gasteiger partial charge on any atom is 0.164 e. The molecule has 0 aliphatic carbocycles. The number of hydrogen-bond acceptors (Lipinski definition) is 2. The van der Waals surface area contributed by atoms with Gasteiger partial charge >= 0.3 is 0 Å². The maximum absolute atomic E-state index is 13.5. The molecule has 1 aliphatic heterocycles. The number of fused-ring (bicyclic) bond motifs is 2. The molecule has 0 saturated heterocycles. The molecule has 140 valence electrons. The van der Waals surface area contributed by atoms with Gasteiger partial charge in [0.15, 0.2) is 5.78 Å². The summed E-state index contributed by atoms with van der Waals surface area (Å²) in [4.78, 5) is 13.5. The third-order valence-corrected chi connectivity index (χ3v) is 5.70. The molecule has 0 radical (unpaired) electrons. The molecule has 1 heterocycles. The van der Waals surface area contributed by atoms with E-state index in [1.165, 1.54) is 0 Å². The van der Waals surface area contributed by atoms with Crippen LogP contribution in [-0.2, 0) is 5.41 Å². The molecule has 0 fully saturated rings. The van der Waals surface area contributed by atoms with Crippen LogP contribution >= 0.6 is 0 Å². The highest BCUT2D eigenvalue weighted by molar-refractivity contribution is 5.98. The van der Waals surface area contributed by atoms with E-state index in [1.807, 2.05) is 84.9 Å². The number of benzene rings is 4. The Labute approximate surface area is 170 Å². The van der Waals surface area contributed by atoms with Crippen LogP contribution in [0.5, 0.6) is 11.5 Å². The van der Waals surface area contributed by atoms with Gasteiger partial charge in [0.1, 0.15) is 11.5 Å². The molecule has 0 amide bonds. The van der Waals surface area contributed by atoms with E-state index in [0.29, 0.717) is 6.42 Å². The average molecular weight is 376 g/mol. The average Bonchev–Trinajstić information content (AvgIpc) is 2.80. The van der Waals surface area contributed by atoms with Crippen LogP contribution in [0.2, 0.25) is 0 Å². The fourth-order valence-corrected chi connectivity index (χ4v) is 4.37. The minimum Gasteiger partial charge on any atom is -0.457 e. The predicted molar refractivity (Wildman–Crippen MR) is 115 cm³/mol. The first-order chi connectivity index (χ1) is 14.3. The number of hydrogen-bond donors (Lipinski definition) is 0. The van der Waals surface area contributed by atoms with Crippen molar-refractivity contribution in [3.05, 3.63) is 131 Å². The lowest BCUT2D eigenvalue weighted by molar-refractivity contribution is 0.0964. The van der Waals surface area contributed by atoms with Crippen molar-refractivity contribution in [2.24, 2.45) is 0 Å². The van der Waals surface area contributed by atoms with Crippen LogP contribution in [0.3, 0.4) is 0 Å². The molecule has 0 N–H and O–H groups in total. The van der Waals surface area contributed by atoms with Gasteiger partial charge in [0.2, 0.25) is 0 Å². The van der Waals surface area contributed by atoms with Crippen LogP contribution in [0.1, 0.15) is 33.5 Å². The fraction of sp³-hybridized carbons (Fsp3) is 0.0741. The Kier molecular flexibility index (Phi) is 4.25. The summed E-state index contributed by atoms with van der Waals surface area (Å²) in [5.41, 5.74) is 3.25. The summed E-state index contributed by atoms with van der Waals surface area (Å²) in [6.45, 7) is 0. The number of rotatable bonds is 4. The summed E-state index contributed by atoms with van der Waals surface area (Å²) in [6.07, 6.45) is 0.332. The smallest absolute Gasteiger partial charge is 0.164 e. The van der Waals surface area contributed by atoms with Crippen LogP contribution in [0.4, 0.5) is 0 Å². The number of carbonyl (C=O) groups excluding carboxylic acids is 1. The van der Waals surface area contributed by atoms with E-state index in [-0.39, 0.29) is 5.78 Å². The standard InChI is InChI=1S/C27H20O2/c28-24(20-11-3-1-4-12-20)19-27(21-13-5-2-6-14-21)22-15-7-9-17-25(22)29-26-18-10-8-16-23(26)27/h1-18H,19H2. The topological polar surface area (TPSA) is 26.3 Å². The van der Waals surface area contributed by atoms with Gasteiger partial charge in [-0.15, -0.1) is 0 Å². The Morgan fingerprint density at radius 2 is 1.10 bits per heavy atom. The summed E-state index contributed by atoms with van der Waals surface area (Å²) in [6, 6.07) is 35.9. The molecule has 29 heavy (non-hydrogen) atoms. The van der Waals surface area contributed by atoms with Gasteiger partial charge in [0.25, 0.3) is 0 Å². The zero-order chi connectivity index (χ0) is 19.7. The minimum absolute atomic E-state index is 0.112. The molecule has 0 saturated carbocycles. The molecule has 0 bridgehead atoms. The van der Waals surface area contributed by atoms with Crippen molar-refractivity contribution < 1.29 is 9.53 Å². The van der Waals surface area contributed by atoms with E-state index in [4.69, 9.17) is 4.74 Å². The largest absolute Gasteiger partial charge is 0.457 e. The Morgan fingerprint density at radius 1 is 0.621 bits per heavy atom. The summed E-state index contributed by atoms with van der Waals surface area (Å²) < 4.78 is 6.23. The van der Waals surface area contributed by atoms with E-state index in [9.17, 15) is 4.79 Å². The SMILES string of the molecule is O=C(CC1(c2ccccc2)c2ccccc2Oc2ccccc21)c1ccccc1. The third-order valence-electron chi connectivity index (χ3n) is 5.70. The number of ether oxygens (including phenoxy) is 1. The van der Waals surface area contributed by atoms with E-state index < -0.39 is 5.41 Å². The zero-order valence-corrected chi connectivity index (χ0v) is 15.9. The Balaban J connectivity index is 1.79. The molecular weight excluding hydrogens is 356 g/mol. The van der Waals surface area contributed by atoms with Gasteiger partial charge in [-0.25, -0.2) is 0 Å². The lowest BCUT2D eigenvalue weighted by Crippen LogP contribution is -2.35. The monoisotopic (exact) mass is 376 g/mol. The van der Waals surface area contributed by atoms with Crippen molar-refractivity contribution in [3.63, 3.8) is 0 Å². The maximum atomic E-state index is 13.5. The van der Waals surface area contributed by atoms with Gasteiger partial charge in [0.05, 0.1) is 5.41 Å². The van der Waals surface area contributed by atoms with E-state index in [2.05, 4.69) is 24.3 Å². The molecule has 0 atom stereocenters. The second-order valence-electron chi connectivity index (χ2n) is 7.33. The highest BCUT2D eigenvalue weighted by Gasteiger charge is 2.45. The molecule has 2 nitrogen and oxygen atoms in total. The molecule has 0 aromatic heterocycles. The van der Waals surface area contributed by atoms with Crippen molar-refractivity contribution in [2.75, 3.05) is 0 Å². The zero-order valence-electron chi connectivity index (χ0n) is 15.9. The van der Waals surface area contributed by atoms with Crippen molar-refractivity contribution in [3.8, 4) is 11.5 Å². The second-order valence-corrected chi connectivity index (χ2v) is 7.33. The van der Waals surface area contributed by atoms with Gasteiger partial charge < -0.3 is 4.74 Å². The molecule has 0 unspecified atom stereocenters. The fourth-order valence-electron chi connectivity index (χ4n) is 4.37. The Morgan fingerprint density at radius 3 is 1.69 bits per heavy atom. The third kappa shape index (κ3) is 2.85. The highest BCUT2D eigenvalue weighted by atomic mass is 16.5. The van der Waals surface area contributed by atoms with Gasteiger partial charge in [-0.1, -0.05) is 97.1 Å². The van der Waals surface area contributed by atoms with Crippen LogP contribution in [0.15, 0.2) is 109 Å². The molecule has 5 rings (SSSR count). The summed E-state index contributed by atoms with van der Waals surface area (Å²) in [7, 11) is 0. The number of para-hydroxylation sites is 2. The van der Waals surface area contributed by atoms with Gasteiger partial charge in [0, 0.05) is 23.1 Å². The Bertz CT molecular complexity index is 1120. The first-order valence-corrected chi connectivity index (χ1v) is 9.80. The highest BCUT2D eigenvalue weighted by Crippen LogP contribution is 2.53. The molecule has 4 aromatic rings. The lowest BCUT2D eigenvalue weighted by Gasteiger charge is -2.40. The first kappa shape index (κ1) is 17.4. The van der Waals surface area contributed by atoms with Crippen molar-refractivity contribution in [2.45, 2.75) is 11.8 Å². The van der Waals surface area contributed by atoms with E-state index >= 15 is 0 Å². The van der Waals surface area contributed by atoms with Gasteiger partial charge in [-0.2, -0.15) is 0 Å². The predicted octanol–water partition coefficient (Wildman–Crippen LogP) is 6.40. The number of ketones is 1. The van der Waals surface area contributed by atoms with Crippen molar-refractivity contribution in [1.29, 1.82) is 0 Å². The van der Waals surface area contributed by atoms with Gasteiger partial charge in [-0.3, -0.25) is 4.79 Å². The van der Waals surface area contributed by atoms with E-state index in [1.54, 1.807) is 0 Å². The van der Waals surface area contributed by atoms with Crippen molar-refractivity contribution >= 4 is 5.78 Å². The van der Waals surface area contributed by atoms with Crippen LogP contribution in [0.25, 0.3) is 0 Å². The summed E-state index contributed by atoms with van der Waals surface area (Å²) in [5, 5.41) is 0. The second kappa shape index (κ2) is 7.06. The van der Waals surface area contributed by atoms with Crippen LogP contribution < -0.4 is 4.74 Å². The minimum atomic E-state index is -0.611. The molecule has 0 spiro atoms. The quantitative estimate of drug-likeness (QED) is 0.385. The van der Waals surface area contributed by atoms with Crippen LogP contribution in [0, 0.1) is 0 Å². The lowest BCUT2D eigenvalue weighted by atomic mass is 9.64. The van der Waals surface area contributed by atoms with E-state index in [0.717, 1.165) is 33.8 Å². The normalized spacial score (nSPS) is 13.7. The van der Waals surface area contributed by atoms with Gasteiger partial charge in [-0.05, 0) is 17.7 Å².